The molecule has 0 bridgehead atoms. The molecule has 0 atom stereocenters. The summed E-state index contributed by atoms with van der Waals surface area (Å²) in [5.41, 5.74) is 4.61. The van der Waals surface area contributed by atoms with Gasteiger partial charge in [-0.3, -0.25) is 4.79 Å². The van der Waals surface area contributed by atoms with Gasteiger partial charge in [0, 0.05) is 53.9 Å². The normalized spacial score (nSPS) is 20.2. The number of benzene rings is 2. The molecule has 6 heteroatoms. The molecular formula is C28H29N3O3. The molecule has 1 aromatic heterocycles. The number of carbonyl (C=O) groups excluding carboxylic acids is 1. The quantitative estimate of drug-likeness (QED) is 0.627. The highest BCUT2D eigenvalue weighted by Gasteiger charge is 2.47. The Hall–Kier alpha value is -3.14. The van der Waals surface area contributed by atoms with Crippen LogP contribution in [0.5, 0.6) is 5.75 Å². The molecule has 34 heavy (non-hydrogen) atoms. The van der Waals surface area contributed by atoms with Crippen LogP contribution >= 0.6 is 0 Å². The van der Waals surface area contributed by atoms with E-state index >= 15 is 0 Å². The number of fused-ring (bicyclic) bond motifs is 6. The Morgan fingerprint density at radius 1 is 1.18 bits per heavy atom. The summed E-state index contributed by atoms with van der Waals surface area (Å²) in [4.78, 5) is 19.8. The van der Waals surface area contributed by atoms with Gasteiger partial charge in [-0.1, -0.05) is 13.0 Å². The summed E-state index contributed by atoms with van der Waals surface area (Å²) in [6, 6.07) is 13.8. The van der Waals surface area contributed by atoms with Crippen molar-refractivity contribution in [2.45, 2.75) is 44.1 Å². The summed E-state index contributed by atoms with van der Waals surface area (Å²) in [7, 11) is 0. The number of aromatic nitrogens is 1. The van der Waals surface area contributed by atoms with Gasteiger partial charge in [0.05, 0.1) is 17.2 Å². The number of nitrogens with zero attached hydrogens (tertiary/aromatic N) is 2. The summed E-state index contributed by atoms with van der Waals surface area (Å²) in [6.07, 6.45) is 3.86. The standard InChI is InChI=1S/C28H29N3O3/c1-2-31-11-7-19(8-12-31)34-20-4-6-21-23(16-20)28(9-13-33-14-10-28)27-25(26(21)32)22-5-3-18(17-29)15-24(22)30-27/h3-6,15-16,19,30H,2,7-14H2,1H3. The van der Waals surface area contributed by atoms with Gasteiger partial charge >= 0.3 is 0 Å². The number of ether oxygens (including phenoxy) is 2. The van der Waals surface area contributed by atoms with Crippen LogP contribution in [0.1, 0.15) is 65.3 Å². The lowest BCUT2D eigenvalue weighted by atomic mass is 9.64. The number of nitriles is 1. The lowest BCUT2D eigenvalue weighted by molar-refractivity contribution is 0.0598. The Balaban J connectivity index is 1.44. The third-order valence-electron chi connectivity index (χ3n) is 8.02. The number of aromatic amines is 1. The highest BCUT2D eigenvalue weighted by atomic mass is 16.5. The van der Waals surface area contributed by atoms with Gasteiger partial charge in [0.2, 0.25) is 0 Å². The van der Waals surface area contributed by atoms with E-state index in [0.29, 0.717) is 18.8 Å². The number of hydrogen-bond donors (Lipinski definition) is 1. The molecule has 0 saturated carbocycles. The number of likely N-dealkylation sites (tertiary alicyclic amines) is 1. The minimum atomic E-state index is -0.326. The summed E-state index contributed by atoms with van der Waals surface area (Å²) in [6.45, 7) is 6.71. The van der Waals surface area contributed by atoms with Crippen LogP contribution in [0.3, 0.4) is 0 Å². The van der Waals surface area contributed by atoms with Gasteiger partial charge in [0.25, 0.3) is 0 Å². The first-order chi connectivity index (χ1) is 16.6. The number of nitrogens with one attached hydrogen (secondary N) is 1. The zero-order chi connectivity index (χ0) is 23.3. The molecule has 3 heterocycles. The molecular weight excluding hydrogens is 426 g/mol. The Labute approximate surface area is 199 Å². The van der Waals surface area contributed by atoms with Crippen LogP contribution in [0.2, 0.25) is 0 Å². The van der Waals surface area contributed by atoms with E-state index in [9.17, 15) is 10.1 Å². The predicted octanol–water partition coefficient (Wildman–Crippen LogP) is 4.54. The van der Waals surface area contributed by atoms with Crippen LogP contribution in [0, 0.1) is 11.3 Å². The maximum Gasteiger partial charge on any atom is 0.195 e. The van der Waals surface area contributed by atoms with Crippen molar-refractivity contribution in [2.24, 2.45) is 0 Å². The van der Waals surface area contributed by atoms with Crippen molar-refractivity contribution in [3.8, 4) is 11.8 Å². The lowest BCUT2D eigenvalue weighted by Gasteiger charge is -2.41. The van der Waals surface area contributed by atoms with Crippen LogP contribution in [-0.4, -0.2) is 54.6 Å². The van der Waals surface area contributed by atoms with Crippen LogP contribution < -0.4 is 4.74 Å². The van der Waals surface area contributed by atoms with E-state index in [2.05, 4.69) is 28.9 Å². The second kappa shape index (κ2) is 8.26. The zero-order valence-electron chi connectivity index (χ0n) is 19.5. The molecule has 3 aliphatic rings. The molecule has 2 fully saturated rings. The highest BCUT2D eigenvalue weighted by Crippen LogP contribution is 2.50. The van der Waals surface area contributed by atoms with E-state index in [1.54, 1.807) is 6.07 Å². The van der Waals surface area contributed by atoms with E-state index in [4.69, 9.17) is 9.47 Å². The Bertz CT molecular complexity index is 1300. The van der Waals surface area contributed by atoms with Gasteiger partial charge in [0.15, 0.2) is 5.78 Å². The topological polar surface area (TPSA) is 78.3 Å². The molecule has 6 nitrogen and oxygen atoms in total. The van der Waals surface area contributed by atoms with Crippen molar-refractivity contribution in [1.82, 2.24) is 9.88 Å². The van der Waals surface area contributed by atoms with Gasteiger partial charge in [-0.25, -0.2) is 0 Å². The number of rotatable bonds is 3. The first-order valence-electron chi connectivity index (χ1n) is 12.4. The van der Waals surface area contributed by atoms with Gasteiger partial charge in [-0.05, 0) is 68.1 Å². The summed E-state index contributed by atoms with van der Waals surface area (Å²) >= 11 is 0. The number of hydrogen-bond acceptors (Lipinski definition) is 5. The van der Waals surface area contributed by atoms with E-state index in [-0.39, 0.29) is 17.3 Å². The molecule has 2 aliphatic heterocycles. The van der Waals surface area contributed by atoms with Crippen molar-refractivity contribution < 1.29 is 14.3 Å². The van der Waals surface area contributed by atoms with Crippen LogP contribution in [0.25, 0.3) is 10.9 Å². The Morgan fingerprint density at radius 3 is 2.71 bits per heavy atom. The Morgan fingerprint density at radius 2 is 1.97 bits per heavy atom. The van der Waals surface area contributed by atoms with Crippen molar-refractivity contribution in [3.05, 3.63) is 64.3 Å². The van der Waals surface area contributed by atoms with Crippen LogP contribution in [0.15, 0.2) is 36.4 Å². The minimum absolute atomic E-state index is 0.0425. The largest absolute Gasteiger partial charge is 0.490 e. The zero-order valence-corrected chi connectivity index (χ0v) is 19.5. The van der Waals surface area contributed by atoms with Gasteiger partial charge in [-0.15, -0.1) is 0 Å². The van der Waals surface area contributed by atoms with E-state index in [0.717, 1.165) is 84.4 Å². The third kappa shape index (κ3) is 3.26. The molecule has 0 amide bonds. The summed E-state index contributed by atoms with van der Waals surface area (Å²) in [5.74, 6) is 0.888. The molecule has 2 aromatic carbocycles. The molecule has 174 valence electrons. The fraction of sp³-hybridized carbons (Fsp3) is 0.429. The maximum atomic E-state index is 13.8. The molecule has 2 saturated heterocycles. The third-order valence-corrected chi connectivity index (χ3v) is 8.02. The fourth-order valence-corrected chi connectivity index (χ4v) is 6.10. The van der Waals surface area contributed by atoms with Crippen molar-refractivity contribution >= 4 is 16.7 Å². The van der Waals surface area contributed by atoms with Crippen molar-refractivity contribution in [3.63, 3.8) is 0 Å². The van der Waals surface area contributed by atoms with Crippen molar-refractivity contribution in [1.29, 1.82) is 5.26 Å². The smallest absolute Gasteiger partial charge is 0.195 e. The van der Waals surface area contributed by atoms with Gasteiger partial charge in [-0.2, -0.15) is 5.26 Å². The summed E-state index contributed by atoms with van der Waals surface area (Å²) in [5, 5.41) is 10.3. The van der Waals surface area contributed by atoms with Gasteiger partial charge < -0.3 is 19.4 Å². The predicted molar refractivity (Wildman–Crippen MR) is 129 cm³/mol. The fourth-order valence-electron chi connectivity index (χ4n) is 6.10. The minimum Gasteiger partial charge on any atom is -0.490 e. The number of piperidine rings is 1. The molecule has 1 spiro atoms. The van der Waals surface area contributed by atoms with E-state index < -0.39 is 0 Å². The molecule has 6 rings (SSSR count). The molecule has 3 aromatic rings. The van der Waals surface area contributed by atoms with Gasteiger partial charge in [0.1, 0.15) is 11.9 Å². The Kier molecular flexibility index (Phi) is 5.20. The maximum absolute atomic E-state index is 13.8. The van der Waals surface area contributed by atoms with Crippen LogP contribution in [0.4, 0.5) is 0 Å². The first-order valence-corrected chi connectivity index (χ1v) is 12.4. The lowest BCUT2D eigenvalue weighted by Crippen LogP contribution is -2.41. The SMILES string of the molecule is CCN1CCC(Oc2ccc3c(c2)C2(CCOCC2)c2[nH]c4cc(C#N)ccc4c2C3=O)CC1. The van der Waals surface area contributed by atoms with Crippen molar-refractivity contribution in [2.75, 3.05) is 32.8 Å². The van der Waals surface area contributed by atoms with E-state index in [1.807, 2.05) is 24.3 Å². The average Bonchev–Trinajstić information content (AvgIpc) is 3.28. The second-order valence-electron chi connectivity index (χ2n) is 9.73. The molecule has 1 aliphatic carbocycles. The van der Waals surface area contributed by atoms with Crippen LogP contribution in [-0.2, 0) is 10.2 Å². The molecule has 0 radical (unpaired) electrons. The highest BCUT2D eigenvalue weighted by molar-refractivity contribution is 6.20. The molecule has 1 N–H and O–H groups in total. The first kappa shape index (κ1) is 21.4. The second-order valence-corrected chi connectivity index (χ2v) is 9.73. The summed E-state index contributed by atoms with van der Waals surface area (Å²) < 4.78 is 12.2. The number of carbonyl (C=O) groups is 1. The number of ketones is 1. The monoisotopic (exact) mass is 455 g/mol. The van der Waals surface area contributed by atoms with E-state index in [1.165, 1.54) is 0 Å². The number of H-pyrrole nitrogens is 1. The molecule has 0 unspecified atom stereocenters. The average molecular weight is 456 g/mol.